The summed E-state index contributed by atoms with van der Waals surface area (Å²) in [5, 5.41) is 0. The fraction of sp³-hybridized carbons (Fsp3) is 0.500. The Kier molecular flexibility index (Phi) is 3.47. The van der Waals surface area contributed by atoms with Crippen LogP contribution in [0, 0.1) is 0 Å². The molecule has 13 heavy (non-hydrogen) atoms. The third-order valence-electron chi connectivity index (χ3n) is 1.72. The molecule has 1 aliphatic rings. The lowest BCUT2D eigenvalue weighted by Gasteiger charge is -2.01. The molecule has 0 unspecified atom stereocenters. The number of ether oxygens (including phenoxy) is 1. The Morgan fingerprint density at radius 3 is 2.77 bits per heavy atom. The zero-order valence-electron chi connectivity index (χ0n) is 7.41. The summed E-state index contributed by atoms with van der Waals surface area (Å²) < 4.78 is 4.97. The van der Waals surface area contributed by atoms with Gasteiger partial charge >= 0.3 is 5.97 Å². The summed E-state index contributed by atoms with van der Waals surface area (Å²) in [6.45, 7) is 3.48. The van der Waals surface area contributed by atoms with Gasteiger partial charge in [-0.25, -0.2) is 4.79 Å². The predicted molar refractivity (Wildman–Crippen MR) is 47.8 cm³/mol. The van der Waals surface area contributed by atoms with Gasteiger partial charge in [0.2, 0.25) is 0 Å². The van der Waals surface area contributed by atoms with Crippen molar-refractivity contribution in [1.29, 1.82) is 0 Å². The number of carbonyl (C=O) groups is 1. The van der Waals surface area contributed by atoms with Crippen molar-refractivity contribution < 1.29 is 14.3 Å². The topological polar surface area (TPSA) is 43.4 Å². The quantitative estimate of drug-likeness (QED) is 0.365. The van der Waals surface area contributed by atoms with Crippen LogP contribution in [0.15, 0.2) is 18.2 Å². The highest BCUT2D eigenvalue weighted by Crippen LogP contribution is 2.24. The van der Waals surface area contributed by atoms with Crippen LogP contribution < -0.4 is 0 Å². The first-order valence-electron chi connectivity index (χ1n) is 4.29. The number of hydrogen-bond acceptors (Lipinski definition) is 3. The normalized spacial score (nSPS) is 14.5. The third-order valence-corrected chi connectivity index (χ3v) is 1.72. The number of hydrogen-bond donors (Lipinski definition) is 0. The van der Waals surface area contributed by atoms with Gasteiger partial charge in [0.05, 0.1) is 6.42 Å². The molecule has 0 aromatic rings. The summed E-state index contributed by atoms with van der Waals surface area (Å²) in [5.41, 5.74) is 0.403. The Labute approximate surface area is 77.1 Å². The van der Waals surface area contributed by atoms with Crippen LogP contribution in [0.5, 0.6) is 0 Å². The molecule has 1 fully saturated rings. The molecule has 0 aromatic carbocycles. The Bertz CT molecular complexity index is 257. The van der Waals surface area contributed by atoms with Gasteiger partial charge in [0.15, 0.2) is 0 Å². The first-order chi connectivity index (χ1) is 6.26. The van der Waals surface area contributed by atoms with E-state index in [0.717, 1.165) is 12.8 Å². The third kappa shape index (κ3) is 3.72. The molecule has 3 heteroatoms. The van der Waals surface area contributed by atoms with Gasteiger partial charge in [-0.3, -0.25) is 4.79 Å². The largest absolute Gasteiger partial charge is 0.462 e. The van der Waals surface area contributed by atoms with Crippen LogP contribution in [0.1, 0.15) is 25.7 Å². The van der Waals surface area contributed by atoms with E-state index in [1.165, 1.54) is 0 Å². The molecule has 1 saturated carbocycles. The molecule has 1 aliphatic carbocycles. The standard InChI is InChI=1S/C10H12O3/c1-2-3-8(7-11)6-10(12)13-9-4-5-9/h2,9H,1,3-6H2. The first kappa shape index (κ1) is 9.75. The van der Waals surface area contributed by atoms with E-state index in [1.807, 2.05) is 0 Å². The van der Waals surface area contributed by atoms with Gasteiger partial charge < -0.3 is 4.74 Å². The molecule has 0 spiro atoms. The molecule has 0 atom stereocenters. The van der Waals surface area contributed by atoms with Crippen LogP contribution in [-0.2, 0) is 14.3 Å². The molecule has 0 aromatic heterocycles. The van der Waals surface area contributed by atoms with Crippen molar-refractivity contribution in [3.63, 3.8) is 0 Å². The molecule has 3 nitrogen and oxygen atoms in total. The minimum Gasteiger partial charge on any atom is -0.462 e. The van der Waals surface area contributed by atoms with Crippen molar-refractivity contribution in [2.75, 3.05) is 0 Å². The van der Waals surface area contributed by atoms with Crippen LogP contribution in [0.3, 0.4) is 0 Å². The zero-order chi connectivity index (χ0) is 9.68. The number of esters is 1. The van der Waals surface area contributed by atoms with Crippen molar-refractivity contribution in [2.24, 2.45) is 0 Å². The summed E-state index contributed by atoms with van der Waals surface area (Å²) in [7, 11) is 0. The molecular weight excluding hydrogens is 168 g/mol. The number of carbonyl (C=O) groups excluding carboxylic acids is 2. The van der Waals surface area contributed by atoms with E-state index in [9.17, 15) is 9.59 Å². The number of allylic oxidation sites excluding steroid dienone is 1. The minimum atomic E-state index is -0.331. The number of rotatable bonds is 5. The maximum Gasteiger partial charge on any atom is 0.310 e. The molecule has 1 rings (SSSR count). The van der Waals surface area contributed by atoms with E-state index in [2.05, 4.69) is 6.58 Å². The minimum absolute atomic E-state index is 0.0476. The van der Waals surface area contributed by atoms with Crippen LogP contribution >= 0.6 is 0 Å². The van der Waals surface area contributed by atoms with Crippen molar-refractivity contribution in [2.45, 2.75) is 31.8 Å². The maximum absolute atomic E-state index is 11.1. The van der Waals surface area contributed by atoms with E-state index in [1.54, 1.807) is 12.0 Å². The fourth-order valence-electron chi connectivity index (χ4n) is 0.912. The molecule has 0 heterocycles. The summed E-state index contributed by atoms with van der Waals surface area (Å²) in [4.78, 5) is 21.4. The first-order valence-corrected chi connectivity index (χ1v) is 4.29. The summed E-state index contributed by atoms with van der Waals surface area (Å²) in [6, 6.07) is 0. The zero-order valence-corrected chi connectivity index (χ0v) is 7.41. The lowest BCUT2D eigenvalue weighted by Crippen LogP contribution is -2.07. The monoisotopic (exact) mass is 180 g/mol. The van der Waals surface area contributed by atoms with Gasteiger partial charge in [-0.05, 0) is 19.3 Å². The second-order valence-electron chi connectivity index (χ2n) is 3.06. The van der Waals surface area contributed by atoms with Crippen LogP contribution in [0.25, 0.3) is 0 Å². The highest BCUT2D eigenvalue weighted by molar-refractivity contribution is 5.76. The highest BCUT2D eigenvalue weighted by atomic mass is 16.5. The van der Waals surface area contributed by atoms with Gasteiger partial charge in [-0.1, -0.05) is 6.08 Å². The Morgan fingerprint density at radius 2 is 2.31 bits per heavy atom. The van der Waals surface area contributed by atoms with Crippen LogP contribution in [-0.4, -0.2) is 18.0 Å². The molecule has 0 N–H and O–H groups in total. The molecule has 0 radical (unpaired) electrons. The van der Waals surface area contributed by atoms with Gasteiger partial charge in [0.1, 0.15) is 12.0 Å². The van der Waals surface area contributed by atoms with E-state index in [-0.39, 0.29) is 18.5 Å². The average molecular weight is 180 g/mol. The lowest BCUT2D eigenvalue weighted by atomic mass is 10.1. The van der Waals surface area contributed by atoms with Crippen molar-refractivity contribution in [3.05, 3.63) is 18.2 Å². The highest BCUT2D eigenvalue weighted by Gasteiger charge is 2.26. The SMILES string of the molecule is C=CCC(=C=O)CC(=O)OC1CC1. The summed E-state index contributed by atoms with van der Waals surface area (Å²) in [6.07, 6.45) is 4.03. The average Bonchev–Trinajstić information content (AvgIpc) is 2.87. The summed E-state index contributed by atoms with van der Waals surface area (Å²) in [5.74, 6) is 1.39. The maximum atomic E-state index is 11.1. The smallest absolute Gasteiger partial charge is 0.310 e. The van der Waals surface area contributed by atoms with Gasteiger partial charge in [-0.15, -0.1) is 6.58 Å². The van der Waals surface area contributed by atoms with Crippen molar-refractivity contribution >= 4 is 11.9 Å². The fourth-order valence-corrected chi connectivity index (χ4v) is 0.912. The summed E-state index contributed by atoms with van der Waals surface area (Å²) >= 11 is 0. The molecular formula is C10H12O3. The van der Waals surface area contributed by atoms with E-state index < -0.39 is 0 Å². The van der Waals surface area contributed by atoms with E-state index in [4.69, 9.17) is 4.74 Å². The second-order valence-corrected chi connectivity index (χ2v) is 3.06. The van der Waals surface area contributed by atoms with Crippen LogP contribution in [0.2, 0.25) is 0 Å². The lowest BCUT2D eigenvalue weighted by molar-refractivity contribution is -0.144. The second kappa shape index (κ2) is 4.63. The molecule has 0 aliphatic heterocycles. The van der Waals surface area contributed by atoms with Gasteiger partial charge in [-0.2, -0.15) is 0 Å². The predicted octanol–water partition coefficient (Wildman–Crippen LogP) is 1.42. The van der Waals surface area contributed by atoms with E-state index in [0.29, 0.717) is 12.0 Å². The van der Waals surface area contributed by atoms with Crippen LogP contribution in [0.4, 0.5) is 0 Å². The Hall–Kier alpha value is -1.34. The molecule has 0 amide bonds. The Balaban J connectivity index is 2.31. The van der Waals surface area contributed by atoms with Gasteiger partial charge in [0, 0.05) is 5.57 Å². The Morgan fingerprint density at radius 1 is 1.62 bits per heavy atom. The molecule has 70 valence electrons. The van der Waals surface area contributed by atoms with Crippen molar-refractivity contribution in [3.8, 4) is 0 Å². The van der Waals surface area contributed by atoms with Gasteiger partial charge in [0.25, 0.3) is 0 Å². The van der Waals surface area contributed by atoms with Crippen molar-refractivity contribution in [1.82, 2.24) is 0 Å². The molecule has 0 saturated heterocycles. The van der Waals surface area contributed by atoms with E-state index >= 15 is 0 Å². The molecule has 0 bridgehead atoms.